The van der Waals surface area contributed by atoms with Gasteiger partial charge in [0.1, 0.15) is 0 Å². The summed E-state index contributed by atoms with van der Waals surface area (Å²) in [4.78, 5) is 1.89. The van der Waals surface area contributed by atoms with Crippen LogP contribution in [0, 0.1) is 0 Å². The van der Waals surface area contributed by atoms with Crippen LogP contribution in [0.4, 0.5) is 18.9 Å². The van der Waals surface area contributed by atoms with Gasteiger partial charge in [-0.2, -0.15) is 18.3 Å². The van der Waals surface area contributed by atoms with Crippen LogP contribution in [0.1, 0.15) is 19.3 Å². The lowest BCUT2D eigenvalue weighted by Gasteiger charge is -2.33. The number of alkyl halides is 3. The van der Waals surface area contributed by atoms with Gasteiger partial charge in [-0.1, -0.05) is 0 Å². The third kappa shape index (κ3) is 3.91. The molecule has 1 saturated heterocycles. The van der Waals surface area contributed by atoms with Crippen LogP contribution in [0.25, 0.3) is 10.9 Å². The van der Waals surface area contributed by atoms with Crippen LogP contribution >= 0.6 is 0 Å². The lowest BCUT2D eigenvalue weighted by molar-refractivity contribution is -0.138. The fourth-order valence-electron chi connectivity index (χ4n) is 2.85. The highest BCUT2D eigenvalue weighted by molar-refractivity contribution is 5.81. The first kappa shape index (κ1) is 15.1. The number of anilines is 1. The minimum Gasteiger partial charge on any atom is -0.382 e. The standard InChI is InChI=1S/C15H19F3N4/c16-15(17,18)5-8-22-6-3-12(4-7-22)20-13-1-2-14-11(9-13)10-19-21-14/h1-2,9-10,12,20H,3-8H2,(H,19,21). The number of rotatable bonds is 4. The number of aromatic nitrogens is 2. The number of nitrogens with one attached hydrogen (secondary N) is 2. The van der Waals surface area contributed by atoms with Crippen LogP contribution in [0.3, 0.4) is 0 Å². The molecule has 0 aliphatic carbocycles. The number of H-pyrrole nitrogens is 1. The number of nitrogens with zero attached hydrogens (tertiary/aromatic N) is 2. The zero-order valence-electron chi connectivity index (χ0n) is 12.2. The highest BCUT2D eigenvalue weighted by atomic mass is 19.4. The average molecular weight is 312 g/mol. The van der Waals surface area contributed by atoms with Gasteiger partial charge in [0.2, 0.25) is 0 Å². The van der Waals surface area contributed by atoms with E-state index in [1.54, 1.807) is 6.20 Å². The van der Waals surface area contributed by atoms with Crippen LogP contribution in [0.5, 0.6) is 0 Å². The first-order valence-corrected chi connectivity index (χ1v) is 7.48. The molecule has 0 amide bonds. The Morgan fingerprint density at radius 1 is 1.27 bits per heavy atom. The van der Waals surface area contributed by atoms with E-state index in [9.17, 15) is 13.2 Å². The summed E-state index contributed by atoms with van der Waals surface area (Å²) in [6.45, 7) is 1.53. The van der Waals surface area contributed by atoms with E-state index in [-0.39, 0.29) is 6.54 Å². The Bertz CT molecular complexity index is 615. The molecule has 2 N–H and O–H groups in total. The molecule has 3 rings (SSSR count). The number of hydrogen-bond donors (Lipinski definition) is 2. The maximum absolute atomic E-state index is 12.2. The molecule has 1 aromatic heterocycles. The zero-order valence-corrected chi connectivity index (χ0v) is 12.2. The van der Waals surface area contributed by atoms with E-state index in [4.69, 9.17) is 0 Å². The Labute approximate surface area is 126 Å². The molecule has 1 aromatic carbocycles. The first-order chi connectivity index (χ1) is 10.5. The van der Waals surface area contributed by atoms with Gasteiger partial charge in [0.15, 0.2) is 0 Å². The largest absolute Gasteiger partial charge is 0.390 e. The van der Waals surface area contributed by atoms with Crippen molar-refractivity contribution >= 4 is 16.6 Å². The summed E-state index contributed by atoms with van der Waals surface area (Å²) in [5.41, 5.74) is 2.02. The van der Waals surface area contributed by atoms with Crippen LogP contribution in [0.15, 0.2) is 24.4 Å². The molecule has 120 valence electrons. The lowest BCUT2D eigenvalue weighted by Crippen LogP contribution is -2.40. The lowest BCUT2D eigenvalue weighted by atomic mass is 10.0. The molecule has 2 heterocycles. The van der Waals surface area contributed by atoms with E-state index in [1.165, 1.54) is 0 Å². The number of piperidine rings is 1. The molecule has 0 unspecified atom stereocenters. The quantitative estimate of drug-likeness (QED) is 0.909. The van der Waals surface area contributed by atoms with Gasteiger partial charge in [-0.05, 0) is 31.0 Å². The Morgan fingerprint density at radius 2 is 2.05 bits per heavy atom. The summed E-state index contributed by atoms with van der Waals surface area (Å²) in [6, 6.07) is 6.32. The molecule has 1 aliphatic heterocycles. The summed E-state index contributed by atoms with van der Waals surface area (Å²) in [5, 5.41) is 11.4. The van der Waals surface area contributed by atoms with E-state index < -0.39 is 12.6 Å². The second-order valence-electron chi connectivity index (χ2n) is 5.80. The predicted octanol–water partition coefficient (Wildman–Crippen LogP) is 3.39. The predicted molar refractivity (Wildman–Crippen MR) is 79.9 cm³/mol. The SMILES string of the molecule is FC(F)(F)CCN1CCC(Nc2ccc3[nH]ncc3c2)CC1. The summed E-state index contributed by atoms with van der Waals surface area (Å²) >= 11 is 0. The molecule has 1 fully saturated rings. The molecule has 7 heteroatoms. The monoisotopic (exact) mass is 312 g/mol. The van der Waals surface area contributed by atoms with Gasteiger partial charge in [-0.15, -0.1) is 0 Å². The Balaban J connectivity index is 1.49. The number of halogens is 3. The zero-order chi connectivity index (χ0) is 15.6. The van der Waals surface area contributed by atoms with Crippen molar-refractivity contribution in [2.45, 2.75) is 31.5 Å². The second-order valence-corrected chi connectivity index (χ2v) is 5.80. The van der Waals surface area contributed by atoms with Crippen molar-refractivity contribution in [3.05, 3.63) is 24.4 Å². The fraction of sp³-hybridized carbons (Fsp3) is 0.533. The highest BCUT2D eigenvalue weighted by Crippen LogP contribution is 2.23. The van der Waals surface area contributed by atoms with E-state index >= 15 is 0 Å². The molecular formula is C15H19F3N4. The van der Waals surface area contributed by atoms with E-state index in [0.717, 1.165) is 29.4 Å². The Kier molecular flexibility index (Phi) is 4.24. The van der Waals surface area contributed by atoms with Crippen LogP contribution in [0.2, 0.25) is 0 Å². The minimum absolute atomic E-state index is 0.108. The number of benzene rings is 1. The molecule has 0 atom stereocenters. The normalized spacial score (nSPS) is 18.0. The number of likely N-dealkylation sites (tertiary alicyclic amines) is 1. The number of hydrogen-bond acceptors (Lipinski definition) is 3. The van der Waals surface area contributed by atoms with Crippen LogP contribution in [-0.4, -0.2) is 46.9 Å². The average Bonchev–Trinajstić information content (AvgIpc) is 2.93. The summed E-state index contributed by atoms with van der Waals surface area (Å²) in [7, 11) is 0. The molecule has 22 heavy (non-hydrogen) atoms. The molecule has 4 nitrogen and oxygen atoms in total. The molecule has 0 saturated carbocycles. The molecule has 1 aliphatic rings. The fourth-order valence-corrected chi connectivity index (χ4v) is 2.85. The third-order valence-corrected chi connectivity index (χ3v) is 4.11. The van der Waals surface area contributed by atoms with Gasteiger partial charge in [0.25, 0.3) is 0 Å². The van der Waals surface area contributed by atoms with Crippen molar-refractivity contribution in [3.8, 4) is 0 Å². The van der Waals surface area contributed by atoms with Crippen molar-refractivity contribution in [2.75, 3.05) is 25.0 Å². The van der Waals surface area contributed by atoms with Gasteiger partial charge in [-0.3, -0.25) is 5.10 Å². The second kappa shape index (κ2) is 6.16. The van der Waals surface area contributed by atoms with E-state index in [1.807, 2.05) is 23.1 Å². The van der Waals surface area contributed by atoms with Gasteiger partial charge >= 0.3 is 6.18 Å². The molecular weight excluding hydrogens is 293 g/mol. The summed E-state index contributed by atoms with van der Waals surface area (Å²) < 4.78 is 36.7. The molecule has 0 radical (unpaired) electrons. The topological polar surface area (TPSA) is 44.0 Å². The first-order valence-electron chi connectivity index (χ1n) is 7.48. The van der Waals surface area contributed by atoms with Crippen molar-refractivity contribution in [2.24, 2.45) is 0 Å². The molecule has 2 aromatic rings. The number of fused-ring (bicyclic) bond motifs is 1. The van der Waals surface area contributed by atoms with Gasteiger partial charge in [0, 0.05) is 36.7 Å². The Morgan fingerprint density at radius 3 is 2.77 bits per heavy atom. The molecule has 0 bridgehead atoms. The van der Waals surface area contributed by atoms with Crippen LogP contribution in [-0.2, 0) is 0 Å². The van der Waals surface area contributed by atoms with Gasteiger partial charge in [0.05, 0.1) is 18.1 Å². The van der Waals surface area contributed by atoms with E-state index in [0.29, 0.717) is 19.1 Å². The van der Waals surface area contributed by atoms with Crippen molar-refractivity contribution in [3.63, 3.8) is 0 Å². The van der Waals surface area contributed by atoms with Crippen molar-refractivity contribution in [1.29, 1.82) is 0 Å². The maximum atomic E-state index is 12.2. The number of aromatic amines is 1. The van der Waals surface area contributed by atoms with Crippen molar-refractivity contribution in [1.82, 2.24) is 15.1 Å². The maximum Gasteiger partial charge on any atom is 0.390 e. The third-order valence-electron chi connectivity index (χ3n) is 4.11. The van der Waals surface area contributed by atoms with Gasteiger partial charge < -0.3 is 10.2 Å². The molecule has 0 spiro atoms. The van der Waals surface area contributed by atoms with Crippen molar-refractivity contribution < 1.29 is 13.2 Å². The minimum atomic E-state index is -4.06. The summed E-state index contributed by atoms with van der Waals surface area (Å²) in [5.74, 6) is 0. The smallest absolute Gasteiger partial charge is 0.382 e. The highest BCUT2D eigenvalue weighted by Gasteiger charge is 2.29. The van der Waals surface area contributed by atoms with E-state index in [2.05, 4.69) is 15.5 Å². The summed E-state index contributed by atoms with van der Waals surface area (Å²) in [6.07, 6.45) is -1.28. The van der Waals surface area contributed by atoms with Gasteiger partial charge in [-0.25, -0.2) is 0 Å². The van der Waals surface area contributed by atoms with Crippen LogP contribution < -0.4 is 5.32 Å². The Hall–Kier alpha value is -1.76.